The van der Waals surface area contributed by atoms with E-state index < -0.39 is 32.5 Å². The fraction of sp³-hybridized carbons (Fsp3) is 0.600. The number of hydrogen-bond donors (Lipinski definition) is 1. The predicted molar refractivity (Wildman–Crippen MR) is 320 cm³/mol. The Morgan fingerprint density at radius 1 is 0.427 bits per heavy atom. The van der Waals surface area contributed by atoms with E-state index >= 15 is 0 Å². The molecule has 0 radical (unpaired) electrons. The van der Waals surface area contributed by atoms with Gasteiger partial charge in [0, 0.05) is 12.8 Å². The van der Waals surface area contributed by atoms with Gasteiger partial charge in [-0.3, -0.25) is 18.6 Å². The number of phosphoric ester groups is 1. The van der Waals surface area contributed by atoms with Crippen LogP contribution in [-0.4, -0.2) is 74.9 Å². The van der Waals surface area contributed by atoms with E-state index in [1.807, 2.05) is 21.1 Å². The summed E-state index contributed by atoms with van der Waals surface area (Å²) < 4.78 is 34.5. The summed E-state index contributed by atoms with van der Waals surface area (Å²) in [5.74, 6) is -0.855. The minimum atomic E-state index is -4.41. The largest absolute Gasteiger partial charge is 0.472 e. The van der Waals surface area contributed by atoms with Crippen molar-refractivity contribution < 1.29 is 42.1 Å². The number of unbranched alkanes of at least 4 members (excludes halogenated alkanes) is 13. The third-order valence-electron chi connectivity index (χ3n) is 11.6. The van der Waals surface area contributed by atoms with Gasteiger partial charge >= 0.3 is 19.8 Å². The highest BCUT2D eigenvalue weighted by atomic mass is 31.2. The first-order chi connectivity index (χ1) is 36.5. The van der Waals surface area contributed by atoms with Gasteiger partial charge in [-0.15, -0.1) is 0 Å². The van der Waals surface area contributed by atoms with Gasteiger partial charge in [0.15, 0.2) is 6.10 Å². The monoisotopic (exact) mass is 1060 g/mol. The van der Waals surface area contributed by atoms with Gasteiger partial charge in [-0.1, -0.05) is 211 Å². The molecule has 0 aliphatic carbocycles. The zero-order chi connectivity index (χ0) is 54.9. The lowest BCUT2D eigenvalue weighted by atomic mass is 10.1. The van der Waals surface area contributed by atoms with E-state index in [0.29, 0.717) is 23.9 Å². The molecule has 424 valence electrons. The molecule has 10 heteroatoms. The van der Waals surface area contributed by atoms with E-state index in [9.17, 15) is 19.0 Å². The number of esters is 2. The van der Waals surface area contributed by atoms with Crippen molar-refractivity contribution in [2.45, 2.75) is 206 Å². The second kappa shape index (κ2) is 54.7. The van der Waals surface area contributed by atoms with Crippen LogP contribution in [0.5, 0.6) is 0 Å². The molecule has 75 heavy (non-hydrogen) atoms. The second-order valence-corrected chi connectivity index (χ2v) is 21.4. The van der Waals surface area contributed by atoms with Crippen molar-refractivity contribution in [2.24, 2.45) is 0 Å². The Bertz CT molecular complexity index is 1770. The number of phosphoric acid groups is 1. The molecule has 9 nitrogen and oxygen atoms in total. The summed E-state index contributed by atoms with van der Waals surface area (Å²) in [6, 6.07) is 0. The number of likely N-dealkylation sites (N-methyl/N-ethyl adjacent to an activating group) is 1. The minimum absolute atomic E-state index is 0.0156. The molecule has 0 amide bonds. The fourth-order valence-corrected chi connectivity index (χ4v) is 7.87. The van der Waals surface area contributed by atoms with Crippen LogP contribution in [0.1, 0.15) is 200 Å². The van der Waals surface area contributed by atoms with E-state index in [4.69, 9.17) is 18.5 Å². The Balaban J connectivity index is 4.27. The molecule has 0 fully saturated rings. The van der Waals surface area contributed by atoms with Crippen molar-refractivity contribution in [3.8, 4) is 0 Å². The first-order valence-electron chi connectivity index (χ1n) is 29.1. The van der Waals surface area contributed by atoms with E-state index in [2.05, 4.69) is 160 Å². The average molecular weight is 1060 g/mol. The fourth-order valence-electron chi connectivity index (χ4n) is 7.13. The van der Waals surface area contributed by atoms with E-state index in [1.54, 1.807) is 0 Å². The maximum Gasteiger partial charge on any atom is 0.472 e. The first-order valence-corrected chi connectivity index (χ1v) is 30.6. The van der Waals surface area contributed by atoms with Gasteiger partial charge in [-0.25, -0.2) is 4.57 Å². The van der Waals surface area contributed by atoms with Crippen LogP contribution in [0.15, 0.2) is 146 Å². The van der Waals surface area contributed by atoms with Crippen LogP contribution in [0.2, 0.25) is 0 Å². The summed E-state index contributed by atoms with van der Waals surface area (Å²) in [6.45, 7) is 4.23. The standard InChI is InChI=1S/C65H106NO8P/c1-6-8-10-12-14-16-18-20-22-24-25-26-27-28-29-30-31-32-33-34-35-36-37-38-39-40-41-42-44-46-48-50-52-54-56-58-65(68)74-63(62-73-75(69,70)72-60-59-66(3,4)5)61-71-64(67)57-55-53-51-49-47-45-43-23-21-19-17-15-13-11-9-7-2/h8,10,14,16-17,19-20,22-23,25-26,28-29,31-32,34-35,37-38,40-41,43-44,46,63H,6-7,9,11-13,15,18,21,24,27,30,33,36,39,42,45,47-62H2,1-5H3/p+1/b10-8-,16-14-,19-17-,22-20-,26-25-,29-28-,32-31-,35-34-,38-37-,41-40-,43-23-,46-44-. The minimum Gasteiger partial charge on any atom is -0.462 e. The van der Waals surface area contributed by atoms with E-state index in [0.717, 1.165) is 128 Å². The molecule has 0 heterocycles. The average Bonchev–Trinajstić information content (AvgIpc) is 3.37. The number of allylic oxidation sites excluding steroid dienone is 24. The quantitative estimate of drug-likeness (QED) is 0.0211. The molecule has 0 aromatic carbocycles. The van der Waals surface area contributed by atoms with Gasteiger partial charge in [0.2, 0.25) is 0 Å². The third kappa shape index (κ3) is 59.0. The van der Waals surface area contributed by atoms with Crippen LogP contribution in [0.3, 0.4) is 0 Å². The van der Waals surface area contributed by atoms with Crippen molar-refractivity contribution in [1.82, 2.24) is 0 Å². The lowest BCUT2D eigenvalue weighted by molar-refractivity contribution is -0.870. The molecule has 2 unspecified atom stereocenters. The van der Waals surface area contributed by atoms with Gasteiger partial charge in [0.1, 0.15) is 19.8 Å². The molecule has 0 aliphatic rings. The molecular formula is C65H107NO8P+. The van der Waals surface area contributed by atoms with Gasteiger partial charge in [-0.2, -0.15) is 0 Å². The number of hydrogen-bond acceptors (Lipinski definition) is 7. The van der Waals surface area contributed by atoms with Crippen LogP contribution in [0, 0.1) is 0 Å². The van der Waals surface area contributed by atoms with Gasteiger partial charge in [-0.05, 0) is 122 Å². The van der Waals surface area contributed by atoms with E-state index in [-0.39, 0.29) is 26.1 Å². The van der Waals surface area contributed by atoms with Crippen LogP contribution in [-0.2, 0) is 32.7 Å². The lowest BCUT2D eigenvalue weighted by Gasteiger charge is -2.24. The molecule has 0 aromatic rings. The smallest absolute Gasteiger partial charge is 0.462 e. The van der Waals surface area contributed by atoms with Crippen LogP contribution in [0.4, 0.5) is 0 Å². The highest BCUT2D eigenvalue weighted by Crippen LogP contribution is 2.43. The Morgan fingerprint density at radius 3 is 1.13 bits per heavy atom. The maximum absolute atomic E-state index is 12.8. The van der Waals surface area contributed by atoms with Crippen molar-refractivity contribution >= 4 is 19.8 Å². The molecule has 0 bridgehead atoms. The van der Waals surface area contributed by atoms with Gasteiger partial charge in [0.05, 0.1) is 27.7 Å². The van der Waals surface area contributed by atoms with E-state index in [1.165, 1.54) is 32.1 Å². The number of ether oxygens (including phenoxy) is 2. The summed E-state index contributed by atoms with van der Waals surface area (Å²) in [5.41, 5.74) is 0. The molecule has 0 aromatic heterocycles. The Hall–Kier alpha value is -4.11. The van der Waals surface area contributed by atoms with Crippen molar-refractivity contribution in [3.05, 3.63) is 146 Å². The van der Waals surface area contributed by atoms with Crippen LogP contribution in [0.25, 0.3) is 0 Å². The number of rotatable bonds is 51. The molecule has 0 spiro atoms. The highest BCUT2D eigenvalue weighted by molar-refractivity contribution is 7.47. The normalized spacial score (nSPS) is 14.4. The van der Waals surface area contributed by atoms with Crippen LogP contribution >= 0.6 is 7.82 Å². The second-order valence-electron chi connectivity index (χ2n) is 19.9. The van der Waals surface area contributed by atoms with Crippen molar-refractivity contribution in [1.29, 1.82) is 0 Å². The summed E-state index contributed by atoms with van der Waals surface area (Å²) in [5, 5.41) is 0. The Morgan fingerprint density at radius 2 is 0.760 bits per heavy atom. The zero-order valence-electron chi connectivity index (χ0n) is 48.0. The number of carbonyl (C=O) groups is 2. The number of quaternary nitrogens is 1. The first kappa shape index (κ1) is 70.9. The topological polar surface area (TPSA) is 108 Å². The van der Waals surface area contributed by atoms with Crippen molar-refractivity contribution in [2.75, 3.05) is 47.5 Å². The summed E-state index contributed by atoms with van der Waals surface area (Å²) in [4.78, 5) is 35.6. The Kier molecular flexibility index (Phi) is 51.7. The highest BCUT2D eigenvalue weighted by Gasteiger charge is 2.27. The number of carbonyl (C=O) groups excluding carboxylic acids is 2. The van der Waals surface area contributed by atoms with Gasteiger partial charge < -0.3 is 18.9 Å². The molecular weight excluding hydrogens is 954 g/mol. The van der Waals surface area contributed by atoms with Crippen molar-refractivity contribution in [3.63, 3.8) is 0 Å². The third-order valence-corrected chi connectivity index (χ3v) is 12.6. The summed E-state index contributed by atoms with van der Waals surface area (Å²) in [6.07, 6.45) is 80.6. The molecule has 1 N–H and O–H groups in total. The summed E-state index contributed by atoms with van der Waals surface area (Å²) >= 11 is 0. The lowest BCUT2D eigenvalue weighted by Crippen LogP contribution is -2.37. The SMILES string of the molecule is CC/C=C\C/C=C\C/C=C\C/C=C\C/C=C\C/C=C\C/C=C\C/C=C\C/C=C\C/C=C\CCCCCCC(=O)OC(COC(=O)CCCCCCC/C=C\C/C=C\CCCCCC)COP(=O)(O)OCC[N+](C)(C)C. The molecule has 0 rings (SSSR count). The maximum atomic E-state index is 12.8. The zero-order valence-corrected chi connectivity index (χ0v) is 48.9. The van der Waals surface area contributed by atoms with Gasteiger partial charge in [0.25, 0.3) is 0 Å². The molecule has 0 saturated carbocycles. The molecule has 2 atom stereocenters. The molecule has 0 aliphatic heterocycles. The predicted octanol–water partition coefficient (Wildman–Crippen LogP) is 18.3. The number of nitrogens with zero attached hydrogens (tertiary/aromatic N) is 1. The molecule has 0 saturated heterocycles. The Labute approximate surface area is 459 Å². The van der Waals surface area contributed by atoms with Crippen LogP contribution < -0.4 is 0 Å². The summed E-state index contributed by atoms with van der Waals surface area (Å²) in [7, 11) is 1.43.